The Kier molecular flexibility index (Phi) is 5.26. The number of nitrogens with zero attached hydrogens (tertiary/aromatic N) is 2. The number of rotatable bonds is 3. The fraction of sp³-hybridized carbons (Fsp3) is 1.00. The molecule has 17 heavy (non-hydrogen) atoms. The van der Waals surface area contributed by atoms with E-state index in [1.165, 1.54) is 58.2 Å². The topological polar surface area (TPSA) is 32.5 Å². The molecule has 0 amide bonds. The Bertz CT molecular complexity index is 214. The Hall–Kier alpha value is -0.120. The largest absolute Gasteiger partial charge is 0.330 e. The highest BCUT2D eigenvalue weighted by Crippen LogP contribution is 2.24. The number of nitrogens with two attached hydrogens (primary N) is 1. The van der Waals surface area contributed by atoms with Gasteiger partial charge in [-0.05, 0) is 52.4 Å². The first-order valence-electron chi connectivity index (χ1n) is 7.45. The highest BCUT2D eigenvalue weighted by atomic mass is 15.2. The van der Waals surface area contributed by atoms with E-state index in [9.17, 15) is 0 Å². The molecule has 0 aromatic carbocycles. The second kappa shape index (κ2) is 6.72. The van der Waals surface area contributed by atoms with Crippen LogP contribution in [0.3, 0.4) is 0 Å². The summed E-state index contributed by atoms with van der Waals surface area (Å²) >= 11 is 0. The van der Waals surface area contributed by atoms with Crippen LogP contribution in [0.1, 0.15) is 44.9 Å². The summed E-state index contributed by atoms with van der Waals surface area (Å²) < 4.78 is 0. The van der Waals surface area contributed by atoms with E-state index in [0.717, 1.165) is 19.0 Å². The first-order chi connectivity index (χ1) is 8.31. The van der Waals surface area contributed by atoms with Crippen LogP contribution in [0.25, 0.3) is 0 Å². The van der Waals surface area contributed by atoms with E-state index in [-0.39, 0.29) is 0 Å². The van der Waals surface area contributed by atoms with Crippen molar-refractivity contribution in [3.05, 3.63) is 0 Å². The molecule has 1 saturated heterocycles. The van der Waals surface area contributed by atoms with E-state index in [1.54, 1.807) is 0 Å². The predicted octanol–water partition coefficient (Wildman–Crippen LogP) is 1.67. The summed E-state index contributed by atoms with van der Waals surface area (Å²) in [6.07, 6.45) is 9.68. The molecule has 2 aliphatic rings. The highest BCUT2D eigenvalue weighted by molar-refractivity contribution is 4.83. The van der Waals surface area contributed by atoms with Gasteiger partial charge >= 0.3 is 0 Å². The minimum Gasteiger partial charge on any atom is -0.330 e. The average Bonchev–Trinajstić information content (AvgIpc) is 2.54. The standard InChI is InChI=1S/C14H29N3/c1-16-10-5-11-17(12-14(16)8-9-15)13-6-3-2-4-7-13/h13-14H,2-12,15H2,1H3. The van der Waals surface area contributed by atoms with Crippen molar-refractivity contribution in [2.24, 2.45) is 5.73 Å². The molecule has 0 radical (unpaired) electrons. The van der Waals surface area contributed by atoms with E-state index in [1.807, 2.05) is 0 Å². The Balaban J connectivity index is 1.92. The lowest BCUT2D eigenvalue weighted by Crippen LogP contribution is -2.44. The maximum absolute atomic E-state index is 5.75. The third-order valence-corrected chi connectivity index (χ3v) is 4.62. The molecule has 1 saturated carbocycles. The Labute approximate surface area is 106 Å². The zero-order chi connectivity index (χ0) is 12.1. The van der Waals surface area contributed by atoms with Gasteiger partial charge in [0, 0.05) is 18.6 Å². The molecule has 1 aliphatic carbocycles. The van der Waals surface area contributed by atoms with Crippen LogP contribution >= 0.6 is 0 Å². The van der Waals surface area contributed by atoms with Gasteiger partial charge in [0.1, 0.15) is 0 Å². The quantitative estimate of drug-likeness (QED) is 0.813. The molecule has 0 spiro atoms. The fourth-order valence-electron chi connectivity index (χ4n) is 3.49. The molecule has 1 aliphatic heterocycles. The van der Waals surface area contributed by atoms with Crippen molar-refractivity contribution in [2.75, 3.05) is 33.2 Å². The first-order valence-corrected chi connectivity index (χ1v) is 7.45. The van der Waals surface area contributed by atoms with Crippen molar-refractivity contribution in [3.8, 4) is 0 Å². The van der Waals surface area contributed by atoms with Crippen LogP contribution in [-0.4, -0.2) is 55.1 Å². The Morgan fingerprint density at radius 2 is 1.82 bits per heavy atom. The van der Waals surface area contributed by atoms with Gasteiger partial charge in [-0.25, -0.2) is 0 Å². The minimum atomic E-state index is 0.685. The van der Waals surface area contributed by atoms with Crippen molar-refractivity contribution < 1.29 is 0 Å². The lowest BCUT2D eigenvalue weighted by atomic mass is 9.93. The molecule has 0 aromatic rings. The SMILES string of the molecule is CN1CCCN(C2CCCCC2)CC1CCN. The lowest BCUT2D eigenvalue weighted by Gasteiger charge is -2.36. The maximum Gasteiger partial charge on any atom is 0.0232 e. The summed E-state index contributed by atoms with van der Waals surface area (Å²) in [6, 6.07) is 1.56. The average molecular weight is 239 g/mol. The van der Waals surface area contributed by atoms with Crippen LogP contribution < -0.4 is 5.73 Å². The van der Waals surface area contributed by atoms with Gasteiger partial charge < -0.3 is 10.6 Å². The Morgan fingerprint density at radius 1 is 1.06 bits per heavy atom. The third-order valence-electron chi connectivity index (χ3n) is 4.62. The number of hydrogen-bond donors (Lipinski definition) is 1. The summed E-state index contributed by atoms with van der Waals surface area (Å²) in [5, 5.41) is 0. The van der Waals surface area contributed by atoms with Gasteiger partial charge in [-0.1, -0.05) is 19.3 Å². The van der Waals surface area contributed by atoms with E-state index in [4.69, 9.17) is 5.73 Å². The van der Waals surface area contributed by atoms with Crippen LogP contribution in [-0.2, 0) is 0 Å². The van der Waals surface area contributed by atoms with Crippen molar-refractivity contribution in [1.82, 2.24) is 9.80 Å². The molecule has 0 aromatic heterocycles. The molecule has 100 valence electrons. The summed E-state index contributed by atoms with van der Waals surface area (Å²) in [5.41, 5.74) is 5.75. The molecule has 1 atom stereocenters. The van der Waals surface area contributed by atoms with Crippen molar-refractivity contribution in [1.29, 1.82) is 0 Å². The fourth-order valence-corrected chi connectivity index (χ4v) is 3.49. The molecule has 2 rings (SSSR count). The first kappa shape index (κ1) is 13.3. The normalized spacial score (nSPS) is 30.4. The zero-order valence-corrected chi connectivity index (χ0v) is 11.4. The molecule has 1 heterocycles. The summed E-state index contributed by atoms with van der Waals surface area (Å²) in [4.78, 5) is 5.29. The van der Waals surface area contributed by atoms with Gasteiger partial charge in [-0.3, -0.25) is 4.90 Å². The van der Waals surface area contributed by atoms with Crippen molar-refractivity contribution >= 4 is 0 Å². The zero-order valence-electron chi connectivity index (χ0n) is 11.4. The molecular formula is C14H29N3. The smallest absolute Gasteiger partial charge is 0.0232 e. The van der Waals surface area contributed by atoms with E-state index >= 15 is 0 Å². The monoisotopic (exact) mass is 239 g/mol. The second-order valence-electron chi connectivity index (χ2n) is 5.85. The highest BCUT2D eigenvalue weighted by Gasteiger charge is 2.27. The van der Waals surface area contributed by atoms with Gasteiger partial charge in [-0.15, -0.1) is 0 Å². The minimum absolute atomic E-state index is 0.685. The van der Waals surface area contributed by atoms with E-state index in [2.05, 4.69) is 16.8 Å². The van der Waals surface area contributed by atoms with E-state index < -0.39 is 0 Å². The van der Waals surface area contributed by atoms with Crippen LogP contribution in [0.2, 0.25) is 0 Å². The van der Waals surface area contributed by atoms with Crippen LogP contribution in [0.15, 0.2) is 0 Å². The second-order valence-corrected chi connectivity index (χ2v) is 5.85. The molecule has 0 bridgehead atoms. The van der Waals surface area contributed by atoms with Gasteiger partial charge in [0.2, 0.25) is 0 Å². The number of hydrogen-bond acceptors (Lipinski definition) is 3. The van der Waals surface area contributed by atoms with Crippen molar-refractivity contribution in [2.45, 2.75) is 57.0 Å². The lowest BCUT2D eigenvalue weighted by molar-refractivity contribution is 0.133. The third kappa shape index (κ3) is 3.67. The number of likely N-dealkylation sites (N-methyl/N-ethyl adjacent to an activating group) is 1. The van der Waals surface area contributed by atoms with Gasteiger partial charge in [0.15, 0.2) is 0 Å². The predicted molar refractivity (Wildman–Crippen MR) is 73.2 cm³/mol. The van der Waals surface area contributed by atoms with Crippen molar-refractivity contribution in [3.63, 3.8) is 0 Å². The molecule has 3 heteroatoms. The summed E-state index contributed by atoms with van der Waals surface area (Å²) in [6.45, 7) is 4.62. The molecular weight excluding hydrogens is 210 g/mol. The summed E-state index contributed by atoms with van der Waals surface area (Å²) in [5.74, 6) is 0. The molecule has 1 unspecified atom stereocenters. The van der Waals surface area contributed by atoms with Gasteiger partial charge in [-0.2, -0.15) is 0 Å². The van der Waals surface area contributed by atoms with Crippen LogP contribution in [0.5, 0.6) is 0 Å². The maximum atomic E-state index is 5.75. The van der Waals surface area contributed by atoms with Gasteiger partial charge in [0.25, 0.3) is 0 Å². The molecule has 2 fully saturated rings. The summed E-state index contributed by atoms with van der Waals surface area (Å²) in [7, 11) is 2.27. The van der Waals surface area contributed by atoms with Gasteiger partial charge in [0.05, 0.1) is 0 Å². The molecule has 2 N–H and O–H groups in total. The van der Waals surface area contributed by atoms with E-state index in [0.29, 0.717) is 6.04 Å². The Morgan fingerprint density at radius 3 is 2.53 bits per heavy atom. The molecule has 3 nitrogen and oxygen atoms in total. The van der Waals surface area contributed by atoms with Crippen LogP contribution in [0, 0.1) is 0 Å². The van der Waals surface area contributed by atoms with Crippen LogP contribution in [0.4, 0.5) is 0 Å².